The summed E-state index contributed by atoms with van der Waals surface area (Å²) in [6.07, 6.45) is 1.40. The maximum absolute atomic E-state index is 10.4. The molecule has 0 aliphatic rings. The minimum absolute atomic E-state index is 0.113. The van der Waals surface area contributed by atoms with Crippen molar-refractivity contribution in [2.24, 2.45) is 0 Å². The second-order valence-corrected chi connectivity index (χ2v) is 3.14. The fourth-order valence-corrected chi connectivity index (χ4v) is 1.43. The van der Waals surface area contributed by atoms with Crippen LogP contribution in [-0.2, 0) is 11.2 Å². The first kappa shape index (κ1) is 9.98. The summed E-state index contributed by atoms with van der Waals surface area (Å²) < 4.78 is 5.58. The summed E-state index contributed by atoms with van der Waals surface area (Å²) in [4.78, 5) is 14.3. The van der Waals surface area contributed by atoms with Gasteiger partial charge in [0.25, 0.3) is 0 Å². The Morgan fingerprint density at radius 3 is 3.00 bits per heavy atom. The molecule has 1 aromatic rings. The molecule has 5 heteroatoms. The van der Waals surface area contributed by atoms with Gasteiger partial charge in [0.1, 0.15) is 5.75 Å². The normalized spacial score (nSPS) is 9.69. The molecule has 1 aromatic heterocycles. The highest BCUT2D eigenvalue weighted by Gasteiger charge is 2.10. The van der Waals surface area contributed by atoms with E-state index < -0.39 is 5.97 Å². The largest absolute Gasteiger partial charge is 0.495 e. The number of halogens is 1. The summed E-state index contributed by atoms with van der Waals surface area (Å²) in [6.45, 7) is 0. The van der Waals surface area contributed by atoms with Crippen LogP contribution in [0.15, 0.2) is 16.7 Å². The van der Waals surface area contributed by atoms with Crippen LogP contribution >= 0.6 is 15.9 Å². The number of methoxy groups -OCH3 is 1. The number of nitrogens with zero attached hydrogens (tertiary/aromatic N) is 1. The van der Waals surface area contributed by atoms with Gasteiger partial charge in [-0.05, 0) is 22.0 Å². The molecule has 0 saturated carbocycles. The minimum Gasteiger partial charge on any atom is -0.495 e. The molecule has 0 aliphatic heterocycles. The topological polar surface area (TPSA) is 59.4 Å². The van der Waals surface area contributed by atoms with Crippen molar-refractivity contribution in [1.82, 2.24) is 4.98 Å². The Hall–Kier alpha value is -1.10. The Kier molecular flexibility index (Phi) is 3.25. The number of aromatic nitrogens is 1. The summed E-state index contributed by atoms with van der Waals surface area (Å²) in [5, 5.41) is 8.55. The van der Waals surface area contributed by atoms with Gasteiger partial charge in [-0.25, -0.2) is 0 Å². The zero-order valence-electron chi connectivity index (χ0n) is 6.95. The van der Waals surface area contributed by atoms with E-state index in [1.165, 1.54) is 13.3 Å². The van der Waals surface area contributed by atoms with Crippen LogP contribution in [-0.4, -0.2) is 23.2 Å². The predicted octanol–water partition coefficient (Wildman–Crippen LogP) is 1.48. The zero-order valence-corrected chi connectivity index (χ0v) is 8.54. The van der Waals surface area contributed by atoms with Crippen molar-refractivity contribution in [3.05, 3.63) is 22.4 Å². The SMILES string of the molecule is COc1ccnc(CC(=O)O)c1Br. The standard InChI is InChI=1S/C8H8BrNO3/c1-13-6-2-3-10-5(8(6)9)4-7(11)12/h2-3H,4H2,1H3,(H,11,12). The molecule has 0 bridgehead atoms. The molecule has 0 aromatic carbocycles. The first-order valence-corrected chi connectivity index (χ1v) is 4.33. The summed E-state index contributed by atoms with van der Waals surface area (Å²) in [6, 6.07) is 1.66. The molecule has 0 aliphatic carbocycles. The summed E-state index contributed by atoms with van der Waals surface area (Å²) in [5.74, 6) is -0.326. The van der Waals surface area contributed by atoms with Gasteiger partial charge < -0.3 is 9.84 Å². The van der Waals surface area contributed by atoms with Gasteiger partial charge in [0.2, 0.25) is 0 Å². The number of hydrogen-bond acceptors (Lipinski definition) is 3. The van der Waals surface area contributed by atoms with Crippen molar-refractivity contribution in [3.8, 4) is 5.75 Å². The molecule has 0 spiro atoms. The third-order valence-electron chi connectivity index (χ3n) is 1.46. The van der Waals surface area contributed by atoms with Crippen molar-refractivity contribution in [3.63, 3.8) is 0 Å². The van der Waals surface area contributed by atoms with E-state index in [4.69, 9.17) is 9.84 Å². The van der Waals surface area contributed by atoms with Gasteiger partial charge in [0, 0.05) is 6.20 Å². The molecular weight excluding hydrogens is 238 g/mol. The molecule has 0 saturated heterocycles. The van der Waals surface area contributed by atoms with E-state index in [0.29, 0.717) is 15.9 Å². The number of hydrogen-bond donors (Lipinski definition) is 1. The monoisotopic (exact) mass is 245 g/mol. The van der Waals surface area contributed by atoms with Crippen molar-refractivity contribution < 1.29 is 14.6 Å². The number of pyridine rings is 1. The number of aliphatic carboxylic acids is 1. The zero-order chi connectivity index (χ0) is 9.84. The van der Waals surface area contributed by atoms with Crippen LogP contribution in [0.1, 0.15) is 5.69 Å². The fourth-order valence-electron chi connectivity index (χ4n) is 0.891. The Morgan fingerprint density at radius 1 is 1.77 bits per heavy atom. The molecule has 1 heterocycles. The van der Waals surface area contributed by atoms with Crippen molar-refractivity contribution in [2.45, 2.75) is 6.42 Å². The lowest BCUT2D eigenvalue weighted by Gasteiger charge is -2.05. The van der Waals surface area contributed by atoms with E-state index in [1.807, 2.05) is 0 Å². The summed E-state index contributed by atoms with van der Waals surface area (Å²) in [5.41, 5.74) is 0.465. The molecule has 0 amide bonds. The third-order valence-corrected chi connectivity index (χ3v) is 2.31. The Morgan fingerprint density at radius 2 is 2.46 bits per heavy atom. The smallest absolute Gasteiger partial charge is 0.309 e. The van der Waals surface area contributed by atoms with E-state index in [1.54, 1.807) is 6.07 Å². The maximum atomic E-state index is 10.4. The fraction of sp³-hybridized carbons (Fsp3) is 0.250. The third kappa shape index (κ3) is 2.42. The van der Waals surface area contributed by atoms with Crippen LogP contribution < -0.4 is 4.74 Å². The molecule has 70 valence electrons. The van der Waals surface area contributed by atoms with Gasteiger partial charge in [0.05, 0.1) is 23.7 Å². The summed E-state index contributed by atoms with van der Waals surface area (Å²) in [7, 11) is 1.52. The van der Waals surface area contributed by atoms with Gasteiger partial charge in [-0.3, -0.25) is 9.78 Å². The summed E-state index contributed by atoms with van der Waals surface area (Å²) >= 11 is 3.22. The van der Waals surface area contributed by atoms with Crippen molar-refractivity contribution in [1.29, 1.82) is 0 Å². The molecular formula is C8H8BrNO3. The second-order valence-electron chi connectivity index (χ2n) is 2.34. The van der Waals surface area contributed by atoms with Crippen LogP contribution in [0, 0.1) is 0 Å². The average Bonchev–Trinajstić information content (AvgIpc) is 2.08. The molecule has 0 unspecified atom stereocenters. The number of rotatable bonds is 3. The van der Waals surface area contributed by atoms with E-state index in [2.05, 4.69) is 20.9 Å². The van der Waals surface area contributed by atoms with Gasteiger partial charge in [0.15, 0.2) is 0 Å². The van der Waals surface area contributed by atoms with Crippen LogP contribution in [0.3, 0.4) is 0 Å². The lowest BCUT2D eigenvalue weighted by atomic mass is 10.2. The van der Waals surface area contributed by atoms with Crippen molar-refractivity contribution in [2.75, 3.05) is 7.11 Å². The molecule has 4 nitrogen and oxygen atoms in total. The van der Waals surface area contributed by atoms with Crippen LogP contribution in [0.4, 0.5) is 0 Å². The Balaban J connectivity index is 3.01. The van der Waals surface area contributed by atoms with E-state index in [-0.39, 0.29) is 6.42 Å². The van der Waals surface area contributed by atoms with Gasteiger partial charge >= 0.3 is 5.97 Å². The van der Waals surface area contributed by atoms with Gasteiger partial charge in [-0.2, -0.15) is 0 Å². The van der Waals surface area contributed by atoms with E-state index in [0.717, 1.165) is 0 Å². The first-order chi connectivity index (χ1) is 6.15. The highest BCUT2D eigenvalue weighted by atomic mass is 79.9. The number of carbonyl (C=O) groups is 1. The van der Waals surface area contributed by atoms with E-state index in [9.17, 15) is 4.79 Å². The highest BCUT2D eigenvalue weighted by Crippen LogP contribution is 2.26. The quantitative estimate of drug-likeness (QED) is 0.877. The number of carboxylic acids is 1. The molecule has 1 N–H and O–H groups in total. The lowest BCUT2D eigenvalue weighted by Crippen LogP contribution is -2.03. The molecule has 0 radical (unpaired) electrons. The minimum atomic E-state index is -0.915. The number of ether oxygens (including phenoxy) is 1. The van der Waals surface area contributed by atoms with Crippen LogP contribution in [0.25, 0.3) is 0 Å². The predicted molar refractivity (Wildman–Crippen MR) is 49.8 cm³/mol. The highest BCUT2D eigenvalue weighted by molar-refractivity contribution is 9.10. The van der Waals surface area contributed by atoms with Crippen LogP contribution in [0.2, 0.25) is 0 Å². The molecule has 0 atom stereocenters. The average molecular weight is 246 g/mol. The van der Waals surface area contributed by atoms with Gasteiger partial charge in [-0.15, -0.1) is 0 Å². The van der Waals surface area contributed by atoms with Crippen LogP contribution in [0.5, 0.6) is 5.75 Å². The Labute approximate surface area is 83.7 Å². The lowest BCUT2D eigenvalue weighted by molar-refractivity contribution is -0.136. The van der Waals surface area contributed by atoms with Crippen molar-refractivity contribution >= 4 is 21.9 Å². The van der Waals surface area contributed by atoms with Gasteiger partial charge in [-0.1, -0.05) is 0 Å². The molecule has 1 rings (SSSR count). The Bertz CT molecular complexity index is 327. The maximum Gasteiger partial charge on any atom is 0.309 e. The van der Waals surface area contributed by atoms with E-state index >= 15 is 0 Å². The molecule has 13 heavy (non-hydrogen) atoms. The second kappa shape index (κ2) is 4.23. The first-order valence-electron chi connectivity index (χ1n) is 3.54. The number of carboxylic acid groups (broad SMARTS) is 1. The molecule has 0 fully saturated rings.